The number of hydrogen-bond donors (Lipinski definition) is 3. The molecule has 3 N–H and O–H groups in total. The highest BCUT2D eigenvalue weighted by Gasteiger charge is 2.37. The Morgan fingerprint density at radius 1 is 1.00 bits per heavy atom. The number of anilines is 2. The molecule has 0 bridgehead atoms. The molecule has 168 valence electrons. The quantitative estimate of drug-likeness (QED) is 0.468. The number of nitrogens with one attached hydrogen (secondary N) is 3. The fourth-order valence-corrected chi connectivity index (χ4v) is 5.09. The highest BCUT2D eigenvalue weighted by molar-refractivity contribution is 7.71. The summed E-state index contributed by atoms with van der Waals surface area (Å²) in [7, 11) is 0. The van der Waals surface area contributed by atoms with E-state index in [2.05, 4.69) is 63.5 Å². The molecule has 2 aliphatic rings. The van der Waals surface area contributed by atoms with Gasteiger partial charge in [0.25, 0.3) is 5.56 Å². The largest absolute Gasteiger partial charge is 0.367 e. The van der Waals surface area contributed by atoms with E-state index in [9.17, 15) is 9.59 Å². The van der Waals surface area contributed by atoms with Crippen molar-refractivity contribution >= 4 is 29.5 Å². The number of hydrogen-bond acceptors (Lipinski definition) is 5. The first kappa shape index (κ1) is 21.4. The van der Waals surface area contributed by atoms with Crippen LogP contribution < -0.4 is 15.8 Å². The first-order valence-corrected chi connectivity index (χ1v) is 11.7. The van der Waals surface area contributed by atoms with Gasteiger partial charge in [0.1, 0.15) is 5.82 Å². The first-order chi connectivity index (χ1) is 16.0. The van der Waals surface area contributed by atoms with E-state index in [1.54, 1.807) is 0 Å². The molecule has 7 heteroatoms. The fourth-order valence-electron chi connectivity index (χ4n) is 4.89. The average Bonchev–Trinajstić information content (AvgIpc) is 2.82. The van der Waals surface area contributed by atoms with E-state index in [-0.39, 0.29) is 16.1 Å². The maximum Gasteiger partial charge on any atom is 0.257 e. The van der Waals surface area contributed by atoms with Crippen molar-refractivity contribution in [1.29, 1.82) is 0 Å². The number of fused-ring (bicyclic) bond motifs is 1. The lowest BCUT2D eigenvalue weighted by Crippen LogP contribution is -2.32. The van der Waals surface area contributed by atoms with Crippen LogP contribution in [-0.2, 0) is 11.3 Å². The summed E-state index contributed by atoms with van der Waals surface area (Å²) in [4.78, 5) is 34.0. The third-order valence-electron chi connectivity index (χ3n) is 6.48. The zero-order valence-electron chi connectivity index (χ0n) is 18.5. The van der Waals surface area contributed by atoms with Crippen LogP contribution in [0, 0.1) is 4.77 Å². The van der Waals surface area contributed by atoms with Crippen LogP contribution in [0.3, 0.4) is 0 Å². The molecule has 1 aliphatic heterocycles. The van der Waals surface area contributed by atoms with Crippen molar-refractivity contribution in [1.82, 2.24) is 9.97 Å². The summed E-state index contributed by atoms with van der Waals surface area (Å²) in [5, 5.41) is 3.29. The lowest BCUT2D eigenvalue weighted by Gasteiger charge is -2.33. The molecule has 1 aromatic heterocycles. The van der Waals surface area contributed by atoms with Crippen LogP contribution >= 0.6 is 12.2 Å². The second-order valence-electron chi connectivity index (χ2n) is 8.52. The second-order valence-corrected chi connectivity index (χ2v) is 8.92. The molecule has 2 aromatic carbocycles. The zero-order chi connectivity index (χ0) is 22.9. The van der Waals surface area contributed by atoms with Gasteiger partial charge in [-0.1, -0.05) is 42.5 Å². The smallest absolute Gasteiger partial charge is 0.257 e. The van der Waals surface area contributed by atoms with Crippen LogP contribution in [0.2, 0.25) is 0 Å². The summed E-state index contributed by atoms with van der Waals surface area (Å²) in [5.74, 6) is 0.271. The van der Waals surface area contributed by atoms with E-state index >= 15 is 0 Å². The van der Waals surface area contributed by atoms with Gasteiger partial charge in [0.15, 0.2) is 10.6 Å². The van der Waals surface area contributed by atoms with Crippen LogP contribution in [0.15, 0.2) is 70.7 Å². The average molecular weight is 459 g/mol. The predicted molar refractivity (Wildman–Crippen MR) is 133 cm³/mol. The highest BCUT2D eigenvalue weighted by atomic mass is 32.1. The van der Waals surface area contributed by atoms with Crippen molar-refractivity contribution in [2.24, 2.45) is 0 Å². The van der Waals surface area contributed by atoms with Crippen LogP contribution in [-0.4, -0.2) is 22.3 Å². The van der Waals surface area contributed by atoms with E-state index in [4.69, 9.17) is 12.2 Å². The lowest BCUT2D eigenvalue weighted by molar-refractivity contribution is -0.116. The number of aromatic nitrogens is 2. The predicted octanol–water partition coefficient (Wildman–Crippen LogP) is 5.02. The number of benzene rings is 2. The van der Waals surface area contributed by atoms with Gasteiger partial charge < -0.3 is 15.2 Å². The first-order valence-electron chi connectivity index (χ1n) is 11.3. The number of carbonyl (C=O) groups is 1. The van der Waals surface area contributed by atoms with Crippen molar-refractivity contribution < 1.29 is 4.79 Å². The van der Waals surface area contributed by atoms with Crippen LogP contribution in [0.4, 0.5) is 11.5 Å². The van der Waals surface area contributed by atoms with E-state index in [0.29, 0.717) is 23.4 Å². The topological polar surface area (TPSA) is 81.0 Å². The maximum absolute atomic E-state index is 13.0. The van der Waals surface area contributed by atoms with Gasteiger partial charge in [0, 0.05) is 42.4 Å². The Balaban J connectivity index is 1.55. The Bertz CT molecular complexity index is 1340. The molecule has 33 heavy (non-hydrogen) atoms. The van der Waals surface area contributed by atoms with Gasteiger partial charge in [-0.3, -0.25) is 14.6 Å². The summed E-state index contributed by atoms with van der Waals surface area (Å²) >= 11 is 5.18. The van der Waals surface area contributed by atoms with E-state index < -0.39 is 5.92 Å². The van der Waals surface area contributed by atoms with Crippen molar-refractivity contribution in [3.05, 3.63) is 97.7 Å². The summed E-state index contributed by atoms with van der Waals surface area (Å²) < 4.78 is 0.269. The number of carbonyl (C=O) groups excluding carboxylic acids is 1. The molecule has 0 fully saturated rings. The molecule has 6 nitrogen and oxygen atoms in total. The van der Waals surface area contributed by atoms with Gasteiger partial charge in [-0.25, -0.2) is 0 Å². The molecule has 1 unspecified atom stereocenters. The van der Waals surface area contributed by atoms with E-state index in [1.807, 2.05) is 18.2 Å². The Hall–Kier alpha value is -3.45. The number of nitrogens with zero attached hydrogens (tertiary/aromatic N) is 1. The molecule has 2 heterocycles. The van der Waals surface area contributed by atoms with Crippen LogP contribution in [0.1, 0.15) is 48.8 Å². The third-order valence-corrected chi connectivity index (χ3v) is 6.68. The van der Waals surface area contributed by atoms with Gasteiger partial charge in [-0.15, -0.1) is 0 Å². The Labute approximate surface area is 197 Å². The van der Waals surface area contributed by atoms with Crippen LogP contribution in [0.5, 0.6) is 0 Å². The third kappa shape index (κ3) is 4.04. The van der Waals surface area contributed by atoms with Gasteiger partial charge in [-0.2, -0.15) is 0 Å². The van der Waals surface area contributed by atoms with Crippen molar-refractivity contribution in [3.63, 3.8) is 0 Å². The summed E-state index contributed by atoms with van der Waals surface area (Å²) in [6.45, 7) is 3.82. The Kier molecular flexibility index (Phi) is 5.72. The van der Waals surface area contributed by atoms with E-state index in [1.165, 1.54) is 5.56 Å². The van der Waals surface area contributed by atoms with Gasteiger partial charge in [-0.05, 0) is 55.2 Å². The number of aromatic amines is 2. The zero-order valence-corrected chi connectivity index (χ0v) is 19.3. The Morgan fingerprint density at radius 3 is 2.48 bits per heavy atom. The maximum atomic E-state index is 13.0. The normalized spacial score (nSPS) is 17.2. The molecule has 0 saturated carbocycles. The van der Waals surface area contributed by atoms with Crippen LogP contribution in [0.25, 0.3) is 0 Å². The molecular weight excluding hydrogens is 432 g/mol. The number of rotatable bonds is 5. The molecular formula is C26H26N4O2S. The number of ketones is 1. The van der Waals surface area contributed by atoms with Crippen molar-refractivity contribution in [2.45, 2.75) is 38.6 Å². The molecule has 0 spiro atoms. The Morgan fingerprint density at radius 2 is 1.76 bits per heavy atom. The van der Waals surface area contributed by atoms with Crippen molar-refractivity contribution in [2.75, 3.05) is 16.8 Å². The fraction of sp³-hybridized carbons (Fsp3) is 0.269. The molecule has 1 atom stereocenters. The van der Waals surface area contributed by atoms with Gasteiger partial charge in [0.2, 0.25) is 0 Å². The van der Waals surface area contributed by atoms with Gasteiger partial charge >= 0.3 is 0 Å². The standard InChI is InChI=1S/C26H26N4O2S/c1-2-30(15-16-7-4-3-5-8-16)18-13-11-17(12-14-18)21-22-19(9-6-10-20(22)31)27-24-23(21)25(32)29-26(33)28-24/h3-5,7-8,11-14,21H,2,6,9-10,15H2,1H3,(H3,27,28,29,32,33). The molecule has 0 radical (unpaired) electrons. The number of allylic oxidation sites excluding steroid dienone is 2. The number of Topliss-reactive ketones (excluding diaryl/α,β-unsaturated/α-hetero) is 1. The molecule has 0 amide bonds. The summed E-state index contributed by atoms with van der Waals surface area (Å²) in [5.41, 5.74) is 5.12. The molecule has 5 rings (SSSR count). The lowest BCUT2D eigenvalue weighted by atomic mass is 9.76. The minimum absolute atomic E-state index is 0.101. The highest BCUT2D eigenvalue weighted by Crippen LogP contribution is 2.43. The minimum atomic E-state index is -0.419. The molecule has 0 saturated heterocycles. The monoisotopic (exact) mass is 458 g/mol. The molecule has 1 aliphatic carbocycles. The SMILES string of the molecule is CCN(Cc1ccccc1)c1ccc(C2C3=C(CCCC3=O)Nc3[nH]c(=S)[nH]c(=O)c32)cc1. The second kappa shape index (κ2) is 8.83. The minimum Gasteiger partial charge on any atom is -0.367 e. The summed E-state index contributed by atoms with van der Waals surface area (Å²) in [6, 6.07) is 18.6. The van der Waals surface area contributed by atoms with Crippen molar-refractivity contribution in [3.8, 4) is 0 Å². The summed E-state index contributed by atoms with van der Waals surface area (Å²) in [6.07, 6.45) is 2.09. The number of H-pyrrole nitrogens is 2. The molecule has 3 aromatic rings. The van der Waals surface area contributed by atoms with Gasteiger partial charge in [0.05, 0.1) is 5.56 Å². The van der Waals surface area contributed by atoms with E-state index in [0.717, 1.165) is 42.9 Å².